The van der Waals surface area contributed by atoms with E-state index in [1.165, 1.54) is 0 Å². The Morgan fingerprint density at radius 3 is 2.87 bits per heavy atom. The zero-order valence-electron chi connectivity index (χ0n) is 10.2. The third-order valence-electron chi connectivity index (χ3n) is 2.79. The zero-order valence-corrected chi connectivity index (χ0v) is 10.2. The summed E-state index contributed by atoms with van der Waals surface area (Å²) in [5.74, 6) is 0.195. The van der Waals surface area contributed by atoms with Crippen LogP contribution in [0.3, 0.4) is 0 Å². The Morgan fingerprint density at radius 1 is 1.47 bits per heavy atom. The van der Waals surface area contributed by atoms with E-state index < -0.39 is 0 Å². The van der Waals surface area contributed by atoms with Crippen LogP contribution in [0, 0.1) is 5.41 Å². The van der Waals surface area contributed by atoms with Crippen LogP contribution in [0.25, 0.3) is 0 Å². The van der Waals surface area contributed by atoms with Gasteiger partial charge in [0.25, 0.3) is 0 Å². The minimum Gasteiger partial charge on any atom is -0.356 e. The van der Waals surface area contributed by atoms with Crippen molar-refractivity contribution in [3.8, 4) is 0 Å². The summed E-state index contributed by atoms with van der Waals surface area (Å²) >= 11 is 0. The monoisotopic (exact) mass is 212 g/mol. The van der Waals surface area contributed by atoms with Crippen molar-refractivity contribution in [2.24, 2.45) is 5.41 Å². The largest absolute Gasteiger partial charge is 0.356 e. The number of rotatable bonds is 3. The molecule has 1 amide bonds. The molecule has 0 aromatic rings. The average Bonchev–Trinajstić information content (AvgIpc) is 2.27. The molecule has 1 heterocycles. The summed E-state index contributed by atoms with van der Waals surface area (Å²) in [6.45, 7) is 8.59. The minimum absolute atomic E-state index is 0.195. The molecule has 1 rings (SSSR count). The summed E-state index contributed by atoms with van der Waals surface area (Å²) in [7, 11) is 0. The lowest BCUT2D eigenvalue weighted by Crippen LogP contribution is -2.34. The number of hydrogen-bond donors (Lipinski definition) is 2. The van der Waals surface area contributed by atoms with Gasteiger partial charge in [0.2, 0.25) is 5.91 Å². The second-order valence-electron chi connectivity index (χ2n) is 5.66. The number of hydrogen-bond acceptors (Lipinski definition) is 2. The van der Waals surface area contributed by atoms with Crippen molar-refractivity contribution in [2.45, 2.75) is 52.5 Å². The lowest BCUT2D eigenvalue weighted by molar-refractivity contribution is -0.121. The molecule has 1 unspecified atom stereocenters. The molecule has 1 saturated heterocycles. The van der Waals surface area contributed by atoms with Gasteiger partial charge < -0.3 is 10.6 Å². The van der Waals surface area contributed by atoms with E-state index in [2.05, 4.69) is 31.4 Å². The van der Waals surface area contributed by atoms with Crippen LogP contribution >= 0.6 is 0 Å². The molecular formula is C12H24N2O. The van der Waals surface area contributed by atoms with Crippen molar-refractivity contribution in [3.05, 3.63) is 0 Å². The highest BCUT2D eigenvalue weighted by Crippen LogP contribution is 2.17. The highest BCUT2D eigenvalue weighted by atomic mass is 16.1. The Morgan fingerprint density at radius 2 is 2.20 bits per heavy atom. The average molecular weight is 212 g/mol. The molecule has 0 bridgehead atoms. The van der Waals surface area contributed by atoms with E-state index in [0.29, 0.717) is 17.9 Å². The predicted molar refractivity (Wildman–Crippen MR) is 62.7 cm³/mol. The maximum atomic E-state index is 11.3. The van der Waals surface area contributed by atoms with Gasteiger partial charge >= 0.3 is 0 Å². The van der Waals surface area contributed by atoms with E-state index in [9.17, 15) is 4.79 Å². The van der Waals surface area contributed by atoms with Crippen LogP contribution < -0.4 is 10.6 Å². The van der Waals surface area contributed by atoms with Gasteiger partial charge in [-0.15, -0.1) is 0 Å². The molecular weight excluding hydrogens is 188 g/mol. The van der Waals surface area contributed by atoms with E-state index in [4.69, 9.17) is 0 Å². The molecule has 1 atom stereocenters. The number of carbonyl (C=O) groups is 1. The van der Waals surface area contributed by atoms with Crippen LogP contribution in [0.1, 0.15) is 46.5 Å². The SMILES string of the molecule is CC(C)(C)CCNC1CCCNC(=O)C1. The number of nitrogens with one attached hydrogen (secondary N) is 2. The Balaban J connectivity index is 2.22. The Bertz CT molecular complexity index is 208. The van der Waals surface area contributed by atoms with Gasteiger partial charge in [0.1, 0.15) is 0 Å². The van der Waals surface area contributed by atoms with E-state index in [0.717, 1.165) is 32.4 Å². The van der Waals surface area contributed by atoms with Crippen LogP contribution in [0.2, 0.25) is 0 Å². The highest BCUT2D eigenvalue weighted by molar-refractivity contribution is 5.76. The first-order valence-electron chi connectivity index (χ1n) is 5.97. The lowest BCUT2D eigenvalue weighted by atomic mass is 9.92. The molecule has 0 saturated carbocycles. The highest BCUT2D eigenvalue weighted by Gasteiger charge is 2.17. The second-order valence-corrected chi connectivity index (χ2v) is 5.66. The van der Waals surface area contributed by atoms with Crippen LogP contribution in [-0.2, 0) is 4.79 Å². The smallest absolute Gasteiger partial charge is 0.221 e. The summed E-state index contributed by atoms with van der Waals surface area (Å²) in [5, 5.41) is 6.39. The molecule has 0 radical (unpaired) electrons. The van der Waals surface area contributed by atoms with Crippen molar-refractivity contribution < 1.29 is 4.79 Å². The van der Waals surface area contributed by atoms with Gasteiger partial charge in [0.05, 0.1) is 0 Å². The number of carbonyl (C=O) groups excluding carboxylic acids is 1. The van der Waals surface area contributed by atoms with Crippen molar-refractivity contribution in [1.82, 2.24) is 10.6 Å². The fourth-order valence-corrected chi connectivity index (χ4v) is 1.80. The maximum Gasteiger partial charge on any atom is 0.221 e. The van der Waals surface area contributed by atoms with E-state index in [-0.39, 0.29) is 5.91 Å². The molecule has 3 nitrogen and oxygen atoms in total. The van der Waals surface area contributed by atoms with Crippen LogP contribution in [0.4, 0.5) is 0 Å². The van der Waals surface area contributed by atoms with E-state index in [1.54, 1.807) is 0 Å². The van der Waals surface area contributed by atoms with Gasteiger partial charge in [-0.2, -0.15) is 0 Å². The fourth-order valence-electron chi connectivity index (χ4n) is 1.80. The van der Waals surface area contributed by atoms with Crippen LogP contribution in [0.5, 0.6) is 0 Å². The van der Waals surface area contributed by atoms with Crippen LogP contribution in [-0.4, -0.2) is 25.0 Å². The first kappa shape index (κ1) is 12.5. The summed E-state index contributed by atoms with van der Waals surface area (Å²) in [6.07, 6.45) is 4.01. The standard InChI is InChI=1S/C12H24N2O/c1-12(2,3)6-8-13-10-5-4-7-14-11(15)9-10/h10,13H,4-9H2,1-3H3,(H,14,15). The number of amides is 1. The molecule has 1 aliphatic rings. The second kappa shape index (κ2) is 5.50. The molecule has 1 aliphatic heterocycles. The van der Waals surface area contributed by atoms with Gasteiger partial charge in [-0.25, -0.2) is 0 Å². The molecule has 0 spiro atoms. The molecule has 15 heavy (non-hydrogen) atoms. The summed E-state index contributed by atoms with van der Waals surface area (Å²) in [5.41, 5.74) is 0.375. The Labute approximate surface area is 93.0 Å². The van der Waals surface area contributed by atoms with Gasteiger partial charge in [0.15, 0.2) is 0 Å². The predicted octanol–water partition coefficient (Wildman–Crippen LogP) is 1.68. The normalized spacial score (nSPS) is 23.4. The molecule has 2 N–H and O–H groups in total. The third-order valence-corrected chi connectivity index (χ3v) is 2.79. The summed E-state index contributed by atoms with van der Waals surface area (Å²) in [6, 6.07) is 0.384. The van der Waals surface area contributed by atoms with Crippen molar-refractivity contribution in [2.75, 3.05) is 13.1 Å². The molecule has 0 aromatic carbocycles. The lowest BCUT2D eigenvalue weighted by Gasteiger charge is -2.21. The fraction of sp³-hybridized carbons (Fsp3) is 0.917. The van der Waals surface area contributed by atoms with Gasteiger partial charge in [-0.1, -0.05) is 20.8 Å². The first-order valence-corrected chi connectivity index (χ1v) is 5.97. The van der Waals surface area contributed by atoms with Gasteiger partial charge in [-0.05, 0) is 31.2 Å². The maximum absolute atomic E-state index is 11.3. The van der Waals surface area contributed by atoms with E-state index >= 15 is 0 Å². The minimum atomic E-state index is 0.195. The van der Waals surface area contributed by atoms with Gasteiger partial charge in [-0.3, -0.25) is 4.79 Å². The third kappa shape index (κ3) is 5.78. The molecule has 0 aromatic heterocycles. The van der Waals surface area contributed by atoms with Crippen molar-refractivity contribution in [1.29, 1.82) is 0 Å². The quantitative estimate of drug-likeness (QED) is 0.747. The Kier molecular flexibility index (Phi) is 4.58. The van der Waals surface area contributed by atoms with Crippen molar-refractivity contribution >= 4 is 5.91 Å². The molecule has 88 valence electrons. The molecule has 1 fully saturated rings. The molecule has 3 heteroatoms. The topological polar surface area (TPSA) is 41.1 Å². The Hall–Kier alpha value is -0.570. The van der Waals surface area contributed by atoms with E-state index in [1.807, 2.05) is 0 Å². The summed E-state index contributed by atoms with van der Waals surface area (Å²) < 4.78 is 0. The first-order chi connectivity index (χ1) is 6.97. The van der Waals surface area contributed by atoms with Crippen molar-refractivity contribution in [3.63, 3.8) is 0 Å². The molecule has 0 aliphatic carbocycles. The van der Waals surface area contributed by atoms with Gasteiger partial charge in [0, 0.05) is 19.0 Å². The van der Waals surface area contributed by atoms with Crippen LogP contribution in [0.15, 0.2) is 0 Å². The zero-order chi connectivity index (χ0) is 11.3. The summed E-state index contributed by atoms with van der Waals surface area (Å²) in [4.78, 5) is 11.3.